The zero-order chi connectivity index (χ0) is 22.0. The van der Waals surface area contributed by atoms with Gasteiger partial charge in [-0.1, -0.05) is 54.9 Å². The number of carboxylic acid groups (broad SMARTS) is 1. The van der Waals surface area contributed by atoms with Crippen molar-refractivity contribution in [2.24, 2.45) is 10.8 Å². The molecule has 2 aromatic rings. The number of hydrogen-bond donors (Lipinski definition) is 1. The lowest BCUT2D eigenvalue weighted by Gasteiger charge is -2.36. The second-order valence-corrected chi connectivity index (χ2v) is 10.7. The van der Waals surface area contributed by atoms with Crippen molar-refractivity contribution in [2.75, 3.05) is 6.61 Å². The molecule has 7 heteroatoms. The van der Waals surface area contributed by atoms with Crippen LogP contribution in [-0.4, -0.2) is 17.3 Å². The fourth-order valence-corrected chi connectivity index (χ4v) is 4.19. The van der Waals surface area contributed by atoms with Gasteiger partial charge in [-0.05, 0) is 28.7 Å². The normalized spacial score (nSPS) is 13.5. The number of thiophene rings is 1. The predicted octanol–water partition coefficient (Wildman–Crippen LogP) is 4.31. The number of pyridine rings is 1. The molecular weight excluding hydrogens is 388 g/mol. The third-order valence-corrected chi connectivity index (χ3v) is 5.55. The number of amides is 1. The number of aromatic nitrogens is 1. The molecule has 2 rings (SSSR count). The molecule has 0 aromatic carbocycles. The Morgan fingerprint density at radius 1 is 1.28 bits per heavy atom. The van der Waals surface area contributed by atoms with Gasteiger partial charge in [0.15, 0.2) is 0 Å². The number of ether oxygens (including phenoxy) is 1. The van der Waals surface area contributed by atoms with E-state index in [4.69, 9.17) is 4.74 Å². The van der Waals surface area contributed by atoms with Crippen LogP contribution >= 0.6 is 11.3 Å². The molecule has 0 saturated heterocycles. The Balaban J connectivity index is 2.88. The molecule has 2 heterocycles. The number of unbranched alkanes of at least 4 members (excludes halogenated alkanes) is 1. The highest BCUT2D eigenvalue weighted by molar-refractivity contribution is 7.17. The van der Waals surface area contributed by atoms with E-state index in [2.05, 4.69) is 33.0 Å². The fraction of sp³-hybridized carbons (Fsp3) is 0.636. The quantitative estimate of drug-likeness (QED) is 0.675. The van der Waals surface area contributed by atoms with Gasteiger partial charge in [-0.15, -0.1) is 11.3 Å². The van der Waals surface area contributed by atoms with Crippen molar-refractivity contribution in [2.45, 2.75) is 73.9 Å². The first-order valence-electron chi connectivity index (χ1n) is 10.1. The Morgan fingerprint density at radius 3 is 2.45 bits per heavy atom. The molecule has 1 N–H and O–H groups in total. The smallest absolute Gasteiger partial charge is 0.269 e. The average molecular weight is 422 g/mol. The third kappa shape index (κ3) is 5.53. The molecular formula is C22H33N2O4S-. The number of carbonyl (C=O) groups excluding carboxylic acids is 1. The molecule has 2 aromatic heterocycles. The van der Waals surface area contributed by atoms with E-state index >= 15 is 0 Å². The van der Waals surface area contributed by atoms with E-state index in [1.165, 1.54) is 11.3 Å². The SMILES string of the molecule is CCCCOc1c(C(NC(=O)[O-])C(C)(C)C)n(CC(C)(C)C)c(=O)c2sccc12. The van der Waals surface area contributed by atoms with Crippen molar-refractivity contribution < 1.29 is 14.6 Å². The molecule has 1 unspecified atom stereocenters. The van der Waals surface area contributed by atoms with E-state index in [0.717, 1.165) is 18.2 Å². The highest BCUT2D eigenvalue weighted by atomic mass is 32.1. The first-order valence-corrected chi connectivity index (χ1v) is 11.0. The Labute approximate surface area is 176 Å². The first-order chi connectivity index (χ1) is 13.4. The van der Waals surface area contributed by atoms with Crippen molar-refractivity contribution in [1.82, 2.24) is 9.88 Å². The summed E-state index contributed by atoms with van der Waals surface area (Å²) in [4.78, 5) is 25.0. The number of rotatable bonds is 7. The van der Waals surface area contributed by atoms with Gasteiger partial charge in [0, 0.05) is 11.9 Å². The number of carbonyl (C=O) groups is 1. The Kier molecular flexibility index (Phi) is 7.04. The van der Waals surface area contributed by atoms with Gasteiger partial charge in [-0.25, -0.2) is 0 Å². The predicted molar refractivity (Wildman–Crippen MR) is 117 cm³/mol. The topological polar surface area (TPSA) is 83.4 Å². The standard InChI is InChI=1S/C22H34N2O4S/c1-8-9-11-28-16-14-10-12-29-17(14)19(25)24(13-21(2,3)4)15(16)18(22(5,6)7)23-20(26)27/h10,12,18,23H,8-9,11,13H2,1-7H3,(H,26,27)/p-1. The van der Waals surface area contributed by atoms with E-state index in [0.29, 0.717) is 29.3 Å². The van der Waals surface area contributed by atoms with E-state index in [9.17, 15) is 14.7 Å². The van der Waals surface area contributed by atoms with Gasteiger partial charge in [0.1, 0.15) is 16.5 Å². The minimum atomic E-state index is -1.37. The maximum absolute atomic E-state index is 13.4. The maximum Gasteiger partial charge on any atom is 0.269 e. The molecule has 0 fully saturated rings. The molecule has 6 nitrogen and oxygen atoms in total. The van der Waals surface area contributed by atoms with Crippen molar-refractivity contribution in [3.63, 3.8) is 0 Å². The zero-order valence-corrected chi connectivity index (χ0v) is 19.4. The van der Waals surface area contributed by atoms with Crippen LogP contribution in [0.2, 0.25) is 0 Å². The summed E-state index contributed by atoms with van der Waals surface area (Å²) < 4.78 is 8.54. The van der Waals surface area contributed by atoms with Crippen LogP contribution in [0.4, 0.5) is 4.79 Å². The van der Waals surface area contributed by atoms with Crippen LogP contribution < -0.4 is 20.7 Å². The first kappa shape index (κ1) is 23.3. The fourth-order valence-electron chi connectivity index (χ4n) is 3.35. The minimum Gasteiger partial charge on any atom is -0.530 e. The second-order valence-electron chi connectivity index (χ2n) is 9.76. The number of fused-ring (bicyclic) bond motifs is 1. The Hall–Kier alpha value is -2.02. The third-order valence-electron chi connectivity index (χ3n) is 4.65. The largest absolute Gasteiger partial charge is 0.530 e. The van der Waals surface area contributed by atoms with E-state index in [1.807, 2.05) is 32.2 Å². The van der Waals surface area contributed by atoms with Gasteiger partial charge in [0.05, 0.1) is 18.3 Å². The van der Waals surface area contributed by atoms with Gasteiger partial charge in [-0.3, -0.25) is 4.79 Å². The molecule has 0 radical (unpaired) electrons. The van der Waals surface area contributed by atoms with Crippen molar-refractivity contribution in [1.29, 1.82) is 0 Å². The van der Waals surface area contributed by atoms with Crippen LogP contribution in [-0.2, 0) is 6.54 Å². The van der Waals surface area contributed by atoms with E-state index in [-0.39, 0.29) is 11.0 Å². The lowest BCUT2D eigenvalue weighted by molar-refractivity contribution is -0.252. The van der Waals surface area contributed by atoms with Crippen LogP contribution in [0.25, 0.3) is 10.1 Å². The van der Waals surface area contributed by atoms with E-state index in [1.54, 1.807) is 4.57 Å². The lowest BCUT2D eigenvalue weighted by atomic mass is 9.83. The van der Waals surface area contributed by atoms with Gasteiger partial charge in [-0.2, -0.15) is 0 Å². The van der Waals surface area contributed by atoms with Crippen LogP contribution in [0.1, 0.15) is 73.0 Å². The molecule has 1 atom stereocenters. The number of nitrogens with zero attached hydrogens (tertiary/aromatic N) is 1. The summed E-state index contributed by atoms with van der Waals surface area (Å²) in [6.07, 6.45) is 0.478. The average Bonchev–Trinajstić information content (AvgIpc) is 3.05. The highest BCUT2D eigenvalue weighted by Gasteiger charge is 2.34. The van der Waals surface area contributed by atoms with Gasteiger partial charge in [0.25, 0.3) is 5.56 Å². The lowest BCUT2D eigenvalue weighted by Crippen LogP contribution is -2.46. The zero-order valence-electron chi connectivity index (χ0n) is 18.5. The molecule has 29 heavy (non-hydrogen) atoms. The summed E-state index contributed by atoms with van der Waals surface area (Å²) in [6.45, 7) is 15.0. The van der Waals surface area contributed by atoms with Crippen LogP contribution in [0.15, 0.2) is 16.2 Å². The molecule has 1 amide bonds. The Bertz CT molecular complexity index is 916. The minimum absolute atomic E-state index is 0.114. The van der Waals surface area contributed by atoms with Crippen molar-refractivity contribution in [3.8, 4) is 5.75 Å². The van der Waals surface area contributed by atoms with Crippen molar-refractivity contribution >= 4 is 27.5 Å². The molecule has 0 aliphatic rings. The van der Waals surface area contributed by atoms with Crippen LogP contribution in [0, 0.1) is 10.8 Å². The highest BCUT2D eigenvalue weighted by Crippen LogP contribution is 2.41. The summed E-state index contributed by atoms with van der Waals surface area (Å²) in [5.74, 6) is 0.590. The number of nitrogens with one attached hydrogen (secondary N) is 1. The Morgan fingerprint density at radius 2 is 1.93 bits per heavy atom. The van der Waals surface area contributed by atoms with Gasteiger partial charge < -0.3 is 24.5 Å². The summed E-state index contributed by atoms with van der Waals surface area (Å²) >= 11 is 1.39. The van der Waals surface area contributed by atoms with Gasteiger partial charge >= 0.3 is 0 Å². The summed E-state index contributed by atoms with van der Waals surface area (Å²) in [7, 11) is 0. The summed E-state index contributed by atoms with van der Waals surface area (Å²) in [5.41, 5.74) is -0.229. The molecule has 0 spiro atoms. The molecule has 0 aliphatic carbocycles. The maximum atomic E-state index is 13.4. The van der Waals surface area contributed by atoms with Crippen molar-refractivity contribution in [3.05, 3.63) is 27.5 Å². The summed E-state index contributed by atoms with van der Waals surface area (Å²) in [6, 6.07) is 1.22. The number of hydrogen-bond acceptors (Lipinski definition) is 5. The van der Waals surface area contributed by atoms with Gasteiger partial charge in [0.2, 0.25) is 0 Å². The monoisotopic (exact) mass is 421 g/mol. The van der Waals surface area contributed by atoms with Crippen LogP contribution in [0.3, 0.4) is 0 Å². The molecule has 0 aliphatic heterocycles. The summed E-state index contributed by atoms with van der Waals surface area (Å²) in [5, 5.41) is 16.7. The molecule has 0 saturated carbocycles. The molecule has 162 valence electrons. The van der Waals surface area contributed by atoms with E-state index < -0.39 is 17.6 Å². The molecule has 0 bridgehead atoms. The second kappa shape index (κ2) is 8.78. The van der Waals surface area contributed by atoms with Crippen LogP contribution in [0.5, 0.6) is 5.75 Å².